The number of aryl methyl sites for hydroxylation is 1. The van der Waals surface area contributed by atoms with E-state index in [4.69, 9.17) is 14.0 Å². The zero-order chi connectivity index (χ0) is 18.8. The number of amides is 2. The number of hydrogen-bond donors (Lipinski definition) is 2. The molecule has 140 valence electrons. The van der Waals surface area contributed by atoms with Crippen molar-refractivity contribution in [2.75, 3.05) is 42.5 Å². The minimum atomic E-state index is -0.242. The summed E-state index contributed by atoms with van der Waals surface area (Å²) in [5.41, 5.74) is 0.664. The first-order valence-electron chi connectivity index (χ1n) is 7.89. The number of carbonyl (C=O) groups excluding carboxylic acids is 2. The normalized spacial score (nSPS) is 10.4. The Hall–Kier alpha value is -2.52. The third-order valence-corrected chi connectivity index (χ3v) is 3.99. The number of methoxy groups -OCH3 is 1. The molecule has 0 fully saturated rings. The third kappa shape index (κ3) is 7.16. The molecule has 2 N–H and O–H groups in total. The van der Waals surface area contributed by atoms with E-state index in [0.29, 0.717) is 36.2 Å². The van der Waals surface area contributed by atoms with Crippen molar-refractivity contribution in [2.24, 2.45) is 0 Å². The molecule has 0 aliphatic carbocycles. The maximum Gasteiger partial charge on any atom is 0.235 e. The summed E-state index contributed by atoms with van der Waals surface area (Å²) in [6.45, 7) is 2.72. The maximum absolute atomic E-state index is 11.9. The van der Waals surface area contributed by atoms with Crippen LogP contribution in [0.3, 0.4) is 0 Å². The van der Waals surface area contributed by atoms with Gasteiger partial charge in [0, 0.05) is 18.9 Å². The summed E-state index contributed by atoms with van der Waals surface area (Å²) in [5.74, 6) is 1.56. The van der Waals surface area contributed by atoms with Crippen LogP contribution in [0.4, 0.5) is 11.5 Å². The summed E-state index contributed by atoms with van der Waals surface area (Å²) in [6, 6.07) is 8.67. The summed E-state index contributed by atoms with van der Waals surface area (Å²) < 4.78 is 15.2. The molecule has 2 amide bonds. The maximum atomic E-state index is 11.9. The zero-order valence-electron chi connectivity index (χ0n) is 14.6. The molecule has 0 bridgehead atoms. The van der Waals surface area contributed by atoms with E-state index in [1.807, 2.05) is 0 Å². The smallest absolute Gasteiger partial charge is 0.235 e. The second kappa shape index (κ2) is 10.5. The highest BCUT2D eigenvalue weighted by atomic mass is 32.2. The van der Waals surface area contributed by atoms with Gasteiger partial charge in [-0.2, -0.15) is 0 Å². The number of rotatable bonds is 10. The van der Waals surface area contributed by atoms with E-state index >= 15 is 0 Å². The summed E-state index contributed by atoms with van der Waals surface area (Å²) in [6.07, 6.45) is 0. The van der Waals surface area contributed by atoms with E-state index in [0.717, 1.165) is 0 Å². The Kier molecular flexibility index (Phi) is 7.97. The monoisotopic (exact) mass is 379 g/mol. The van der Waals surface area contributed by atoms with E-state index in [-0.39, 0.29) is 23.3 Å². The van der Waals surface area contributed by atoms with Crippen molar-refractivity contribution < 1.29 is 23.6 Å². The number of thioether (sulfide) groups is 1. The van der Waals surface area contributed by atoms with Gasteiger partial charge in [-0.15, -0.1) is 11.8 Å². The quantitative estimate of drug-likeness (QED) is 0.611. The summed E-state index contributed by atoms with van der Waals surface area (Å²) in [5, 5.41) is 9.03. The first kappa shape index (κ1) is 19.8. The molecule has 8 nitrogen and oxygen atoms in total. The van der Waals surface area contributed by atoms with Crippen molar-refractivity contribution in [2.45, 2.75) is 6.92 Å². The first-order chi connectivity index (χ1) is 12.6. The predicted octanol–water partition coefficient (Wildman–Crippen LogP) is 2.32. The molecule has 2 rings (SSSR count). The number of ether oxygens (including phenoxy) is 2. The van der Waals surface area contributed by atoms with Gasteiger partial charge in [0.1, 0.15) is 18.1 Å². The van der Waals surface area contributed by atoms with Gasteiger partial charge >= 0.3 is 0 Å². The Morgan fingerprint density at radius 1 is 1.12 bits per heavy atom. The fourth-order valence-electron chi connectivity index (χ4n) is 1.92. The van der Waals surface area contributed by atoms with Crippen molar-refractivity contribution in [3.05, 3.63) is 36.1 Å². The Morgan fingerprint density at radius 2 is 1.81 bits per heavy atom. The average molecular weight is 379 g/mol. The molecule has 0 saturated carbocycles. The number of hydrogen-bond acceptors (Lipinski definition) is 7. The molecule has 9 heteroatoms. The Bertz CT molecular complexity index is 717. The molecule has 26 heavy (non-hydrogen) atoms. The molecule has 0 spiro atoms. The van der Waals surface area contributed by atoms with Gasteiger partial charge in [0.05, 0.1) is 18.1 Å². The van der Waals surface area contributed by atoms with Crippen molar-refractivity contribution in [3.63, 3.8) is 0 Å². The fraction of sp³-hybridized carbons (Fsp3) is 0.353. The zero-order valence-corrected chi connectivity index (χ0v) is 15.4. The SMILES string of the molecule is COCCOc1ccc(NC(=O)CSCC(=O)Nc2cc(C)on2)cc1. The lowest BCUT2D eigenvalue weighted by Crippen LogP contribution is -2.18. The van der Waals surface area contributed by atoms with E-state index in [9.17, 15) is 9.59 Å². The Balaban J connectivity index is 1.65. The van der Waals surface area contributed by atoms with Crippen LogP contribution < -0.4 is 15.4 Å². The van der Waals surface area contributed by atoms with Crippen LogP contribution in [0.1, 0.15) is 5.76 Å². The number of carbonyl (C=O) groups is 2. The summed E-state index contributed by atoms with van der Waals surface area (Å²) in [4.78, 5) is 23.7. The van der Waals surface area contributed by atoms with Crippen LogP contribution in [0, 0.1) is 6.92 Å². The summed E-state index contributed by atoms with van der Waals surface area (Å²) in [7, 11) is 1.61. The summed E-state index contributed by atoms with van der Waals surface area (Å²) >= 11 is 1.21. The molecule has 0 saturated heterocycles. The van der Waals surface area contributed by atoms with Crippen LogP contribution in [0.25, 0.3) is 0 Å². The van der Waals surface area contributed by atoms with Crippen molar-refractivity contribution in [1.82, 2.24) is 5.16 Å². The fourth-order valence-corrected chi connectivity index (χ4v) is 2.53. The second-order valence-corrected chi connectivity index (χ2v) is 6.26. The Morgan fingerprint density at radius 3 is 2.42 bits per heavy atom. The van der Waals surface area contributed by atoms with Crippen LogP contribution in [0.5, 0.6) is 5.75 Å². The lowest BCUT2D eigenvalue weighted by molar-refractivity contribution is -0.114. The number of nitrogens with one attached hydrogen (secondary N) is 2. The van der Waals surface area contributed by atoms with Gasteiger partial charge in [-0.25, -0.2) is 0 Å². The van der Waals surface area contributed by atoms with E-state index in [2.05, 4.69) is 15.8 Å². The molecule has 0 radical (unpaired) electrons. The number of aromatic nitrogens is 1. The molecule has 1 aromatic carbocycles. The highest BCUT2D eigenvalue weighted by Gasteiger charge is 2.08. The second-order valence-electron chi connectivity index (χ2n) is 5.28. The molecule has 0 aliphatic heterocycles. The van der Waals surface area contributed by atoms with Gasteiger partial charge < -0.3 is 24.6 Å². The van der Waals surface area contributed by atoms with Gasteiger partial charge in [-0.3, -0.25) is 9.59 Å². The van der Waals surface area contributed by atoms with Gasteiger partial charge in [-0.1, -0.05) is 5.16 Å². The number of anilines is 2. The van der Waals surface area contributed by atoms with Crippen LogP contribution in [-0.2, 0) is 14.3 Å². The van der Waals surface area contributed by atoms with Gasteiger partial charge in [0.2, 0.25) is 11.8 Å². The van der Waals surface area contributed by atoms with E-state index in [1.54, 1.807) is 44.4 Å². The van der Waals surface area contributed by atoms with Crippen LogP contribution in [-0.4, -0.2) is 48.8 Å². The molecule has 0 unspecified atom stereocenters. The first-order valence-corrected chi connectivity index (χ1v) is 9.05. The molecule has 2 aromatic rings. The highest BCUT2D eigenvalue weighted by Crippen LogP contribution is 2.16. The minimum absolute atomic E-state index is 0.144. The average Bonchev–Trinajstić information content (AvgIpc) is 3.01. The van der Waals surface area contributed by atoms with Gasteiger partial charge in [-0.05, 0) is 31.2 Å². The number of nitrogens with zero attached hydrogens (tertiary/aromatic N) is 1. The van der Waals surface area contributed by atoms with E-state index in [1.165, 1.54) is 11.8 Å². The standard InChI is InChI=1S/C17H21N3O5S/c1-12-9-15(20-25-12)19-17(22)11-26-10-16(21)18-13-3-5-14(6-4-13)24-8-7-23-2/h3-6,9H,7-8,10-11H2,1-2H3,(H,18,21)(H,19,20,22). The van der Waals surface area contributed by atoms with E-state index < -0.39 is 0 Å². The van der Waals surface area contributed by atoms with Crippen molar-refractivity contribution >= 4 is 35.1 Å². The van der Waals surface area contributed by atoms with Crippen LogP contribution in [0.2, 0.25) is 0 Å². The molecule has 1 aromatic heterocycles. The number of benzene rings is 1. The molecular weight excluding hydrogens is 358 g/mol. The minimum Gasteiger partial charge on any atom is -0.491 e. The molecular formula is C17H21N3O5S. The van der Waals surface area contributed by atoms with Crippen molar-refractivity contribution in [1.29, 1.82) is 0 Å². The lowest BCUT2D eigenvalue weighted by atomic mass is 10.3. The largest absolute Gasteiger partial charge is 0.491 e. The topological polar surface area (TPSA) is 103 Å². The predicted molar refractivity (Wildman–Crippen MR) is 99.6 cm³/mol. The molecule has 0 atom stereocenters. The van der Waals surface area contributed by atoms with Gasteiger partial charge in [0.25, 0.3) is 0 Å². The lowest BCUT2D eigenvalue weighted by Gasteiger charge is -2.08. The van der Waals surface area contributed by atoms with Crippen LogP contribution >= 0.6 is 11.8 Å². The molecule has 1 heterocycles. The Labute approximate surface area is 155 Å². The third-order valence-electron chi connectivity index (χ3n) is 3.06. The van der Waals surface area contributed by atoms with Gasteiger partial charge in [0.15, 0.2) is 5.82 Å². The van der Waals surface area contributed by atoms with Crippen LogP contribution in [0.15, 0.2) is 34.9 Å². The molecule has 0 aliphatic rings. The van der Waals surface area contributed by atoms with Crippen molar-refractivity contribution in [3.8, 4) is 5.75 Å². The highest BCUT2D eigenvalue weighted by molar-refractivity contribution is 8.00.